The van der Waals surface area contributed by atoms with Gasteiger partial charge in [-0.25, -0.2) is 19.7 Å². The highest BCUT2D eigenvalue weighted by Gasteiger charge is 2.23. The fraction of sp³-hybridized carbons (Fsp3) is 0.471. The zero-order valence-corrected chi connectivity index (χ0v) is 16.4. The van der Waals surface area contributed by atoms with Gasteiger partial charge < -0.3 is 4.57 Å². The highest BCUT2D eigenvalue weighted by molar-refractivity contribution is 7.99. The highest BCUT2D eigenvalue weighted by atomic mass is 32.2. The molecule has 0 atom stereocenters. The standard InChI is InChI=1S/C17H22N6O2S/c1-17(2,3)15-19-12-11(14(24)22(5)16(25)21(12)4)13(20-15)26-9-8-23-7-6-18-10-23/h6-7,10H,8-9H2,1-5H3. The van der Waals surface area contributed by atoms with Crippen molar-refractivity contribution in [3.63, 3.8) is 0 Å². The summed E-state index contributed by atoms with van der Waals surface area (Å²) in [5.74, 6) is 1.33. The molecular formula is C17H22N6O2S. The van der Waals surface area contributed by atoms with Gasteiger partial charge in [0.05, 0.1) is 6.33 Å². The van der Waals surface area contributed by atoms with Crippen molar-refractivity contribution in [1.29, 1.82) is 0 Å². The van der Waals surface area contributed by atoms with Gasteiger partial charge in [0, 0.05) is 44.2 Å². The Labute approximate surface area is 154 Å². The van der Waals surface area contributed by atoms with Gasteiger partial charge in [0.1, 0.15) is 16.2 Å². The minimum Gasteiger partial charge on any atom is -0.337 e. The van der Waals surface area contributed by atoms with E-state index in [4.69, 9.17) is 0 Å². The van der Waals surface area contributed by atoms with Crippen molar-refractivity contribution in [2.45, 2.75) is 37.8 Å². The molecule has 0 aromatic carbocycles. The Balaban J connectivity index is 2.15. The third kappa shape index (κ3) is 3.31. The Bertz CT molecular complexity index is 1060. The van der Waals surface area contributed by atoms with E-state index in [-0.39, 0.29) is 11.0 Å². The van der Waals surface area contributed by atoms with Crippen LogP contribution < -0.4 is 11.2 Å². The number of aryl methyl sites for hydroxylation is 2. The number of fused-ring (bicyclic) bond motifs is 1. The van der Waals surface area contributed by atoms with E-state index in [0.29, 0.717) is 21.9 Å². The first-order valence-corrected chi connectivity index (χ1v) is 9.25. The average Bonchev–Trinajstić information content (AvgIpc) is 3.10. The summed E-state index contributed by atoms with van der Waals surface area (Å²) in [7, 11) is 3.10. The molecule has 0 aliphatic rings. The molecule has 0 saturated carbocycles. The lowest BCUT2D eigenvalue weighted by Crippen LogP contribution is -2.38. The van der Waals surface area contributed by atoms with E-state index in [2.05, 4.69) is 15.0 Å². The normalized spacial score (nSPS) is 12.0. The van der Waals surface area contributed by atoms with Gasteiger partial charge in [-0.05, 0) is 0 Å². The van der Waals surface area contributed by atoms with Gasteiger partial charge in [-0.2, -0.15) is 0 Å². The second kappa shape index (κ2) is 6.71. The van der Waals surface area contributed by atoms with Gasteiger partial charge in [-0.3, -0.25) is 13.9 Å². The van der Waals surface area contributed by atoms with Crippen LogP contribution in [0.15, 0.2) is 33.3 Å². The molecule has 0 radical (unpaired) electrons. The van der Waals surface area contributed by atoms with Crippen LogP contribution in [0.3, 0.4) is 0 Å². The van der Waals surface area contributed by atoms with Crippen LogP contribution in [0, 0.1) is 0 Å². The smallest absolute Gasteiger partial charge is 0.332 e. The molecule has 138 valence electrons. The van der Waals surface area contributed by atoms with Crippen LogP contribution in [0.5, 0.6) is 0 Å². The molecule has 3 rings (SSSR count). The van der Waals surface area contributed by atoms with Crippen molar-refractivity contribution < 1.29 is 0 Å². The van der Waals surface area contributed by atoms with E-state index in [0.717, 1.165) is 16.9 Å². The van der Waals surface area contributed by atoms with Gasteiger partial charge in [-0.15, -0.1) is 11.8 Å². The Morgan fingerprint density at radius 1 is 1.12 bits per heavy atom. The topological polar surface area (TPSA) is 87.6 Å². The van der Waals surface area contributed by atoms with Crippen LogP contribution >= 0.6 is 11.8 Å². The summed E-state index contributed by atoms with van der Waals surface area (Å²) in [6, 6.07) is 0. The molecule has 3 aromatic heterocycles. The van der Waals surface area contributed by atoms with Gasteiger partial charge >= 0.3 is 5.69 Å². The quantitative estimate of drug-likeness (QED) is 0.505. The SMILES string of the molecule is Cn1c(=O)c2c(SCCn3ccnc3)nc(C(C)(C)C)nc2n(C)c1=O. The van der Waals surface area contributed by atoms with Gasteiger partial charge in [0.15, 0.2) is 5.65 Å². The number of thioether (sulfide) groups is 1. The molecule has 0 spiro atoms. The van der Waals surface area contributed by atoms with Crippen LogP contribution in [-0.4, -0.2) is 34.4 Å². The minimum absolute atomic E-state index is 0.301. The van der Waals surface area contributed by atoms with Crippen molar-refractivity contribution >= 4 is 22.8 Å². The van der Waals surface area contributed by atoms with E-state index in [1.54, 1.807) is 19.6 Å². The number of imidazole rings is 1. The third-order valence-corrected chi connectivity index (χ3v) is 5.04. The summed E-state index contributed by atoms with van der Waals surface area (Å²) >= 11 is 1.49. The first-order chi connectivity index (χ1) is 12.2. The Morgan fingerprint density at radius 3 is 2.46 bits per heavy atom. The molecule has 0 aliphatic carbocycles. The van der Waals surface area contributed by atoms with E-state index in [1.165, 1.54) is 23.4 Å². The predicted octanol–water partition coefficient (Wildman–Crippen LogP) is 1.31. The van der Waals surface area contributed by atoms with Crippen LogP contribution in [0.1, 0.15) is 26.6 Å². The Kier molecular flexibility index (Phi) is 4.74. The van der Waals surface area contributed by atoms with Crippen molar-refractivity contribution in [1.82, 2.24) is 28.7 Å². The first-order valence-electron chi connectivity index (χ1n) is 8.27. The van der Waals surface area contributed by atoms with Crippen molar-refractivity contribution in [3.8, 4) is 0 Å². The van der Waals surface area contributed by atoms with Crippen LogP contribution in [0.4, 0.5) is 0 Å². The van der Waals surface area contributed by atoms with Crippen molar-refractivity contribution in [2.75, 3.05) is 5.75 Å². The molecule has 9 heteroatoms. The fourth-order valence-electron chi connectivity index (χ4n) is 2.54. The molecule has 0 bridgehead atoms. The van der Waals surface area contributed by atoms with E-state index < -0.39 is 5.69 Å². The number of aromatic nitrogens is 6. The molecule has 26 heavy (non-hydrogen) atoms. The number of hydrogen-bond donors (Lipinski definition) is 0. The summed E-state index contributed by atoms with van der Waals surface area (Å²) in [4.78, 5) is 38.2. The summed E-state index contributed by atoms with van der Waals surface area (Å²) in [5.41, 5.74) is -0.683. The molecule has 0 saturated heterocycles. The summed E-state index contributed by atoms with van der Waals surface area (Å²) in [5, 5.41) is 0.995. The van der Waals surface area contributed by atoms with Crippen molar-refractivity contribution in [2.24, 2.45) is 14.1 Å². The molecule has 8 nitrogen and oxygen atoms in total. The van der Waals surface area contributed by atoms with Gasteiger partial charge in [0.2, 0.25) is 0 Å². The predicted molar refractivity (Wildman–Crippen MR) is 102 cm³/mol. The number of hydrogen-bond acceptors (Lipinski definition) is 6. The third-order valence-electron chi connectivity index (χ3n) is 4.09. The van der Waals surface area contributed by atoms with E-state index in [1.807, 2.05) is 31.5 Å². The van der Waals surface area contributed by atoms with E-state index in [9.17, 15) is 9.59 Å². The Hall–Kier alpha value is -2.42. The lowest BCUT2D eigenvalue weighted by atomic mass is 9.96. The number of rotatable bonds is 4. The Morgan fingerprint density at radius 2 is 1.85 bits per heavy atom. The van der Waals surface area contributed by atoms with Gasteiger partial charge in [0.25, 0.3) is 5.56 Å². The van der Waals surface area contributed by atoms with Crippen LogP contribution in [-0.2, 0) is 26.1 Å². The van der Waals surface area contributed by atoms with Crippen LogP contribution in [0.25, 0.3) is 11.0 Å². The minimum atomic E-state index is -0.393. The summed E-state index contributed by atoms with van der Waals surface area (Å²) in [6.45, 7) is 6.76. The second-order valence-electron chi connectivity index (χ2n) is 7.16. The monoisotopic (exact) mass is 374 g/mol. The lowest BCUT2D eigenvalue weighted by Gasteiger charge is -2.19. The van der Waals surface area contributed by atoms with E-state index >= 15 is 0 Å². The highest BCUT2D eigenvalue weighted by Crippen LogP contribution is 2.27. The van der Waals surface area contributed by atoms with Crippen molar-refractivity contribution in [3.05, 3.63) is 45.4 Å². The lowest BCUT2D eigenvalue weighted by molar-refractivity contribution is 0.539. The molecule has 0 unspecified atom stereocenters. The zero-order chi connectivity index (χ0) is 19.1. The van der Waals surface area contributed by atoms with Crippen LogP contribution in [0.2, 0.25) is 0 Å². The zero-order valence-electron chi connectivity index (χ0n) is 15.6. The van der Waals surface area contributed by atoms with Gasteiger partial charge in [-0.1, -0.05) is 20.8 Å². The maximum Gasteiger partial charge on any atom is 0.332 e. The molecule has 3 heterocycles. The fourth-order valence-corrected chi connectivity index (χ4v) is 3.50. The summed E-state index contributed by atoms with van der Waals surface area (Å²) in [6.07, 6.45) is 5.37. The largest absolute Gasteiger partial charge is 0.337 e. The second-order valence-corrected chi connectivity index (χ2v) is 8.24. The molecule has 0 amide bonds. The molecule has 0 aliphatic heterocycles. The average molecular weight is 374 g/mol. The molecule has 3 aromatic rings. The first kappa shape index (κ1) is 18.4. The molecule has 0 fully saturated rings. The number of nitrogens with zero attached hydrogens (tertiary/aromatic N) is 6. The maximum absolute atomic E-state index is 12.7. The maximum atomic E-state index is 12.7. The summed E-state index contributed by atoms with van der Waals surface area (Å²) < 4.78 is 4.48. The molecular weight excluding hydrogens is 352 g/mol. The molecule has 0 N–H and O–H groups in total.